The number of benzene rings is 2. The molecule has 0 saturated heterocycles. The Morgan fingerprint density at radius 2 is 1.69 bits per heavy atom. The van der Waals surface area contributed by atoms with Crippen molar-refractivity contribution in [2.45, 2.75) is 51.8 Å². The average molecular weight is 512 g/mol. The third-order valence-corrected chi connectivity index (χ3v) is 5.48. The largest absolute Gasteiger partial charge is 0.497 e. The van der Waals surface area contributed by atoms with Crippen LogP contribution >= 0.6 is 12.6 Å². The molecule has 2 aromatic rings. The summed E-state index contributed by atoms with van der Waals surface area (Å²) in [5.41, 5.74) is 1.31. The van der Waals surface area contributed by atoms with Gasteiger partial charge in [-0.3, -0.25) is 14.5 Å². The van der Waals surface area contributed by atoms with E-state index in [1.165, 1.54) is 0 Å². The van der Waals surface area contributed by atoms with Crippen LogP contribution in [0.5, 0.6) is 5.75 Å². The van der Waals surface area contributed by atoms with Gasteiger partial charge in [0.2, 0.25) is 0 Å². The van der Waals surface area contributed by atoms with Gasteiger partial charge in [0.05, 0.1) is 7.11 Å². The molecule has 0 saturated carbocycles. The molecule has 192 valence electrons. The Bertz CT molecular complexity index is 1090. The number of carbonyl (C=O) groups is 3. The Morgan fingerprint density at radius 3 is 2.17 bits per heavy atom. The van der Waals surface area contributed by atoms with Crippen molar-refractivity contribution >= 4 is 36.2 Å². The summed E-state index contributed by atoms with van der Waals surface area (Å²) >= 11 is 4.21. The van der Waals surface area contributed by atoms with Gasteiger partial charge in [-0.2, -0.15) is 12.6 Å². The summed E-state index contributed by atoms with van der Waals surface area (Å²) in [7, 11) is 1.54. The van der Waals surface area contributed by atoms with Crippen LogP contribution in [0.1, 0.15) is 44.9 Å². The van der Waals surface area contributed by atoms with Crippen LogP contribution in [0.4, 0.5) is 10.5 Å². The van der Waals surface area contributed by atoms with Gasteiger partial charge in [-0.05, 0) is 62.6 Å². The number of alkyl carbamates (subject to hydrolysis) is 1. The number of nitrogens with zero attached hydrogens (tertiary/aromatic N) is 1. The molecule has 0 aliphatic rings. The van der Waals surface area contributed by atoms with Crippen LogP contribution in [0.3, 0.4) is 0 Å². The Morgan fingerprint density at radius 1 is 1.08 bits per heavy atom. The molecule has 2 atom stereocenters. The van der Waals surface area contributed by atoms with Crippen LogP contribution < -0.4 is 15.4 Å². The number of amides is 3. The number of rotatable bonds is 9. The zero-order valence-corrected chi connectivity index (χ0v) is 22.1. The maximum atomic E-state index is 13.5. The molecular formula is C27H33N3O5S. The second kappa shape index (κ2) is 12.9. The molecular weight excluding hydrogens is 478 g/mol. The minimum absolute atomic E-state index is 0.0577. The summed E-state index contributed by atoms with van der Waals surface area (Å²) in [5, 5.41) is 5.30. The summed E-state index contributed by atoms with van der Waals surface area (Å²) in [6.07, 6.45) is 5.77. The third-order valence-electron chi connectivity index (χ3n) is 5.12. The van der Waals surface area contributed by atoms with Crippen LogP contribution in [0.15, 0.2) is 48.5 Å². The summed E-state index contributed by atoms with van der Waals surface area (Å²) < 4.78 is 10.4. The number of anilines is 1. The van der Waals surface area contributed by atoms with Gasteiger partial charge in [0.15, 0.2) is 0 Å². The van der Waals surface area contributed by atoms with Gasteiger partial charge < -0.3 is 20.1 Å². The van der Waals surface area contributed by atoms with Gasteiger partial charge >= 0.3 is 6.09 Å². The molecule has 2 rings (SSSR count). The number of hydrogen-bond donors (Lipinski definition) is 3. The second-order valence-corrected chi connectivity index (χ2v) is 9.30. The predicted octanol–water partition coefficient (Wildman–Crippen LogP) is 4.18. The lowest BCUT2D eigenvalue weighted by Crippen LogP contribution is -2.51. The molecule has 0 fully saturated rings. The van der Waals surface area contributed by atoms with Gasteiger partial charge in [-0.25, -0.2) is 4.79 Å². The smallest absolute Gasteiger partial charge is 0.408 e. The molecule has 0 aliphatic carbocycles. The molecule has 2 unspecified atom stereocenters. The van der Waals surface area contributed by atoms with E-state index in [0.717, 1.165) is 16.9 Å². The average Bonchev–Trinajstić information content (AvgIpc) is 2.84. The number of methoxy groups -OCH3 is 1. The molecule has 8 nitrogen and oxygen atoms in total. The molecule has 2 aromatic carbocycles. The number of ether oxygens (including phenoxy) is 2. The Balaban J connectivity index is 2.39. The van der Waals surface area contributed by atoms with E-state index in [-0.39, 0.29) is 5.75 Å². The lowest BCUT2D eigenvalue weighted by Gasteiger charge is -2.30. The van der Waals surface area contributed by atoms with E-state index in [2.05, 4.69) is 29.3 Å². The molecule has 0 aromatic heterocycles. The first kappa shape index (κ1) is 28.6. The highest BCUT2D eigenvalue weighted by Crippen LogP contribution is 2.25. The fraction of sp³-hybridized carbons (Fsp3) is 0.370. The predicted molar refractivity (Wildman–Crippen MR) is 143 cm³/mol. The van der Waals surface area contributed by atoms with E-state index in [1.54, 1.807) is 64.3 Å². The first-order valence-electron chi connectivity index (χ1n) is 11.5. The van der Waals surface area contributed by atoms with E-state index in [9.17, 15) is 14.4 Å². The quantitative estimate of drug-likeness (QED) is 0.267. The van der Waals surface area contributed by atoms with E-state index >= 15 is 0 Å². The Kier molecular flexibility index (Phi) is 10.2. The first-order chi connectivity index (χ1) is 17.0. The highest BCUT2D eigenvalue weighted by atomic mass is 32.1. The van der Waals surface area contributed by atoms with Gasteiger partial charge in [-0.15, -0.1) is 0 Å². The van der Waals surface area contributed by atoms with Crippen molar-refractivity contribution in [1.82, 2.24) is 10.2 Å². The number of terminal acetylenes is 1. The van der Waals surface area contributed by atoms with Gasteiger partial charge in [0, 0.05) is 17.5 Å². The summed E-state index contributed by atoms with van der Waals surface area (Å²) in [6.45, 7) is 7.13. The number of thiol groups is 1. The summed E-state index contributed by atoms with van der Waals surface area (Å²) in [6, 6.07) is 14.1. The summed E-state index contributed by atoms with van der Waals surface area (Å²) in [5.74, 6) is -0.624. The van der Waals surface area contributed by atoms with Crippen molar-refractivity contribution in [1.29, 1.82) is 0 Å². The van der Waals surface area contributed by atoms with Gasteiger partial charge in [0.25, 0.3) is 11.8 Å². The van der Waals surface area contributed by atoms with E-state index in [0.29, 0.717) is 17.0 Å². The van der Waals surface area contributed by atoms with Crippen molar-refractivity contribution < 1.29 is 23.9 Å². The highest BCUT2D eigenvalue weighted by Gasteiger charge is 2.35. The Hall–Kier alpha value is -3.64. The zero-order chi connectivity index (χ0) is 26.9. The monoisotopic (exact) mass is 511 g/mol. The van der Waals surface area contributed by atoms with E-state index in [4.69, 9.17) is 15.9 Å². The maximum absolute atomic E-state index is 13.5. The fourth-order valence-electron chi connectivity index (χ4n) is 3.31. The van der Waals surface area contributed by atoms with Gasteiger partial charge in [-0.1, -0.05) is 37.6 Å². The molecule has 0 radical (unpaired) electrons. The lowest BCUT2D eigenvalue weighted by molar-refractivity contribution is -0.136. The number of nitrogens with one attached hydrogen (secondary N) is 2. The fourth-order valence-corrected chi connectivity index (χ4v) is 3.55. The third kappa shape index (κ3) is 7.95. The van der Waals surface area contributed by atoms with Crippen LogP contribution in [-0.4, -0.2) is 47.3 Å². The van der Waals surface area contributed by atoms with E-state index in [1.807, 2.05) is 19.1 Å². The molecule has 2 N–H and O–H groups in total. The standard InChI is InChI=1S/C27H33N3O5S/c1-7-18-9-11-19(12-10-18)23(24(31)28-20-13-15-21(34-6)16-14-20)30(8-2)25(32)22(17-36)29-26(33)35-27(3,4)5/h2,9-16,22-23,36H,7,17H2,1,3-6H3,(H,28,31)(H,29,33). The molecule has 36 heavy (non-hydrogen) atoms. The molecule has 9 heteroatoms. The normalized spacial score (nSPS) is 12.5. The van der Waals surface area contributed by atoms with Crippen molar-refractivity contribution in [3.8, 4) is 18.2 Å². The topological polar surface area (TPSA) is 97.0 Å². The lowest BCUT2D eigenvalue weighted by atomic mass is 10.0. The zero-order valence-electron chi connectivity index (χ0n) is 21.2. The summed E-state index contributed by atoms with van der Waals surface area (Å²) in [4.78, 5) is 40.2. The molecule has 0 aliphatic heterocycles. The molecule has 0 bridgehead atoms. The number of carbonyl (C=O) groups excluding carboxylic acids is 3. The van der Waals surface area contributed by atoms with Crippen LogP contribution in [0.2, 0.25) is 0 Å². The minimum Gasteiger partial charge on any atom is -0.497 e. The second-order valence-electron chi connectivity index (χ2n) is 8.93. The Labute approximate surface area is 218 Å². The molecule has 0 spiro atoms. The van der Waals surface area contributed by atoms with Gasteiger partial charge in [0.1, 0.15) is 23.4 Å². The maximum Gasteiger partial charge on any atom is 0.408 e. The van der Waals surface area contributed by atoms with Crippen LogP contribution in [0.25, 0.3) is 0 Å². The van der Waals surface area contributed by atoms with Crippen LogP contribution in [-0.2, 0) is 20.7 Å². The van der Waals surface area contributed by atoms with Crippen molar-refractivity contribution in [2.24, 2.45) is 0 Å². The van der Waals surface area contributed by atoms with E-state index < -0.39 is 35.6 Å². The number of hydrogen-bond acceptors (Lipinski definition) is 6. The minimum atomic E-state index is -1.17. The molecule has 0 heterocycles. The van der Waals surface area contributed by atoms with Crippen molar-refractivity contribution in [3.63, 3.8) is 0 Å². The highest BCUT2D eigenvalue weighted by molar-refractivity contribution is 7.80. The first-order valence-corrected chi connectivity index (χ1v) is 12.1. The van der Waals surface area contributed by atoms with Crippen molar-refractivity contribution in [2.75, 3.05) is 18.2 Å². The van der Waals surface area contributed by atoms with Crippen LogP contribution in [0, 0.1) is 12.5 Å². The van der Waals surface area contributed by atoms with Crippen molar-refractivity contribution in [3.05, 3.63) is 59.7 Å². The molecule has 3 amide bonds. The SMILES string of the molecule is C#CN(C(=O)C(CS)NC(=O)OC(C)(C)C)C(C(=O)Nc1ccc(OC)cc1)c1ccc(CC)cc1. The number of aryl methyl sites for hydroxylation is 1.